The molecule has 3 aromatic rings. The quantitative estimate of drug-likeness (QED) is 0.413. The van der Waals surface area contributed by atoms with Crippen LogP contribution in [0.1, 0.15) is 81.8 Å². The van der Waals surface area contributed by atoms with E-state index in [1.807, 2.05) is 0 Å². The Kier molecular flexibility index (Phi) is 6.88. The number of thiazole rings is 1. The molecule has 202 valence electrons. The van der Waals surface area contributed by atoms with E-state index in [9.17, 15) is 22.8 Å². The fourth-order valence-corrected chi connectivity index (χ4v) is 5.09. The van der Waals surface area contributed by atoms with E-state index >= 15 is 0 Å². The molecule has 1 N–H and O–H groups in total. The fraction of sp³-hybridized carbons (Fsp3) is 0.480. The van der Waals surface area contributed by atoms with Crippen LogP contribution in [0.5, 0.6) is 5.75 Å². The van der Waals surface area contributed by atoms with E-state index in [1.165, 1.54) is 28.3 Å². The second-order valence-corrected chi connectivity index (χ2v) is 10.9. The number of nitrogens with one attached hydrogen (secondary N) is 1. The number of rotatable bonds is 9. The Morgan fingerprint density at radius 1 is 1.24 bits per heavy atom. The third kappa shape index (κ3) is 6.14. The summed E-state index contributed by atoms with van der Waals surface area (Å²) in [6.07, 6.45) is 0.615. The van der Waals surface area contributed by atoms with Crippen molar-refractivity contribution in [2.24, 2.45) is 5.92 Å². The summed E-state index contributed by atoms with van der Waals surface area (Å²) >= 11 is 1.17. The largest absolute Gasteiger partial charge is 0.573 e. The van der Waals surface area contributed by atoms with E-state index in [1.54, 1.807) is 31.9 Å². The van der Waals surface area contributed by atoms with Crippen LogP contribution in [0, 0.1) is 12.8 Å². The predicted molar refractivity (Wildman–Crippen MR) is 132 cm³/mol. The number of hydrogen-bond acceptors (Lipinski definition) is 7. The molecule has 2 aliphatic carbocycles. The minimum absolute atomic E-state index is 0.0594. The van der Waals surface area contributed by atoms with Gasteiger partial charge < -0.3 is 15.0 Å². The van der Waals surface area contributed by atoms with Crippen molar-refractivity contribution < 1.29 is 27.5 Å². The molecule has 2 saturated carbocycles. The lowest BCUT2D eigenvalue weighted by atomic mass is 10.1. The van der Waals surface area contributed by atoms with E-state index in [4.69, 9.17) is 0 Å². The second kappa shape index (κ2) is 10.0. The van der Waals surface area contributed by atoms with Crippen molar-refractivity contribution in [3.63, 3.8) is 0 Å². The van der Waals surface area contributed by atoms with Gasteiger partial charge in [-0.2, -0.15) is 4.68 Å². The summed E-state index contributed by atoms with van der Waals surface area (Å²) in [6, 6.07) is 3.33. The third-order valence-electron chi connectivity index (χ3n) is 6.41. The lowest BCUT2D eigenvalue weighted by Crippen LogP contribution is -2.29. The van der Waals surface area contributed by atoms with Crippen molar-refractivity contribution in [2.75, 3.05) is 13.6 Å². The molecule has 2 fully saturated rings. The first-order valence-corrected chi connectivity index (χ1v) is 13.2. The Bertz CT molecular complexity index is 1360. The summed E-state index contributed by atoms with van der Waals surface area (Å²) in [5.74, 6) is 0.374. The minimum Gasteiger partial charge on any atom is -0.406 e. The zero-order valence-electron chi connectivity index (χ0n) is 21.1. The maximum Gasteiger partial charge on any atom is 0.573 e. The zero-order chi connectivity index (χ0) is 27.2. The smallest absolute Gasteiger partial charge is 0.406 e. The van der Waals surface area contributed by atoms with E-state index in [-0.39, 0.29) is 17.4 Å². The standard InChI is InChI=1S/C25H27F3N6O3S/c1-13(30-22(35)18-8-17(16-6-7-16)9-19(10-18)37-25(26,27)28)21-31-14(2)32-34(21)24-29-11-20(38-24)23(36)33(3)12-15-4-5-15/h8-11,13,15-16H,4-7,12H2,1-3H3,(H,30,35)/t13-/m0/s1. The van der Waals surface area contributed by atoms with Crippen molar-refractivity contribution in [3.8, 4) is 10.9 Å². The van der Waals surface area contributed by atoms with Crippen LogP contribution in [0.15, 0.2) is 24.4 Å². The Labute approximate surface area is 221 Å². The number of halogens is 3. The molecule has 38 heavy (non-hydrogen) atoms. The van der Waals surface area contributed by atoms with Gasteiger partial charge in [0.1, 0.15) is 16.5 Å². The third-order valence-corrected chi connectivity index (χ3v) is 7.37. The fourth-order valence-electron chi connectivity index (χ4n) is 4.22. The summed E-state index contributed by atoms with van der Waals surface area (Å²) < 4.78 is 44.1. The van der Waals surface area contributed by atoms with Crippen LogP contribution < -0.4 is 10.1 Å². The van der Waals surface area contributed by atoms with Crippen LogP contribution in [0.3, 0.4) is 0 Å². The van der Waals surface area contributed by atoms with Crippen molar-refractivity contribution in [1.29, 1.82) is 0 Å². The maximum atomic E-state index is 13.1. The van der Waals surface area contributed by atoms with Gasteiger partial charge in [-0.1, -0.05) is 11.3 Å². The highest BCUT2D eigenvalue weighted by Gasteiger charge is 2.33. The lowest BCUT2D eigenvalue weighted by Gasteiger charge is -2.16. The summed E-state index contributed by atoms with van der Waals surface area (Å²) in [5, 5.41) is 7.60. The van der Waals surface area contributed by atoms with Gasteiger partial charge in [0.25, 0.3) is 11.8 Å². The molecule has 0 spiro atoms. The van der Waals surface area contributed by atoms with Crippen molar-refractivity contribution >= 4 is 23.2 Å². The minimum atomic E-state index is -4.86. The van der Waals surface area contributed by atoms with Gasteiger partial charge in [-0.05, 0) is 75.1 Å². The lowest BCUT2D eigenvalue weighted by molar-refractivity contribution is -0.274. The van der Waals surface area contributed by atoms with Crippen LogP contribution in [-0.4, -0.2) is 56.4 Å². The normalized spacial score (nSPS) is 16.3. The molecular formula is C25H27F3N6O3S. The van der Waals surface area contributed by atoms with Crippen LogP contribution in [-0.2, 0) is 0 Å². The first-order valence-electron chi connectivity index (χ1n) is 12.3. The summed E-state index contributed by atoms with van der Waals surface area (Å²) in [7, 11) is 1.77. The molecule has 2 aromatic heterocycles. The molecule has 0 aliphatic heterocycles. The Balaban J connectivity index is 1.34. The van der Waals surface area contributed by atoms with Gasteiger partial charge in [0.05, 0.1) is 12.2 Å². The molecule has 0 radical (unpaired) electrons. The summed E-state index contributed by atoms with van der Waals surface area (Å²) in [4.78, 5) is 36.8. The molecule has 1 atom stereocenters. The maximum absolute atomic E-state index is 13.1. The number of hydrogen-bond donors (Lipinski definition) is 1. The number of carbonyl (C=O) groups is 2. The van der Waals surface area contributed by atoms with Crippen LogP contribution in [0.4, 0.5) is 13.2 Å². The van der Waals surface area contributed by atoms with Crippen molar-refractivity contribution in [1.82, 2.24) is 30.0 Å². The summed E-state index contributed by atoms with van der Waals surface area (Å²) in [6.45, 7) is 4.09. The van der Waals surface area contributed by atoms with Gasteiger partial charge in [0, 0.05) is 19.2 Å². The van der Waals surface area contributed by atoms with Crippen molar-refractivity contribution in [3.05, 3.63) is 52.0 Å². The average molecular weight is 549 g/mol. The van der Waals surface area contributed by atoms with E-state index < -0.39 is 24.1 Å². The Hall–Kier alpha value is -3.48. The number of nitrogens with zero attached hydrogens (tertiary/aromatic N) is 5. The van der Waals surface area contributed by atoms with E-state index in [2.05, 4.69) is 25.1 Å². The van der Waals surface area contributed by atoms with Gasteiger partial charge in [-0.3, -0.25) is 9.59 Å². The van der Waals surface area contributed by atoms with E-state index in [0.29, 0.717) is 39.7 Å². The molecule has 0 unspecified atom stereocenters. The van der Waals surface area contributed by atoms with E-state index in [0.717, 1.165) is 31.7 Å². The first-order chi connectivity index (χ1) is 18.0. The number of aryl methyl sites for hydroxylation is 1. The zero-order valence-corrected chi connectivity index (χ0v) is 21.9. The highest BCUT2D eigenvalue weighted by molar-refractivity contribution is 7.16. The van der Waals surface area contributed by atoms with Crippen LogP contribution in [0.25, 0.3) is 5.13 Å². The molecule has 13 heteroatoms. The molecular weight excluding hydrogens is 521 g/mol. The van der Waals surface area contributed by atoms with Gasteiger partial charge in [-0.15, -0.1) is 18.3 Å². The van der Waals surface area contributed by atoms with Crippen LogP contribution in [0.2, 0.25) is 0 Å². The molecule has 1 aromatic carbocycles. The number of aromatic nitrogens is 4. The Morgan fingerprint density at radius 3 is 2.63 bits per heavy atom. The molecule has 0 saturated heterocycles. The number of ether oxygens (including phenoxy) is 1. The monoisotopic (exact) mass is 548 g/mol. The highest BCUT2D eigenvalue weighted by Crippen LogP contribution is 2.42. The molecule has 0 bridgehead atoms. The highest BCUT2D eigenvalue weighted by atomic mass is 32.1. The summed E-state index contributed by atoms with van der Waals surface area (Å²) in [5.41, 5.74) is 0.694. The van der Waals surface area contributed by atoms with Gasteiger partial charge >= 0.3 is 6.36 Å². The van der Waals surface area contributed by atoms with Gasteiger partial charge in [0.15, 0.2) is 5.82 Å². The number of benzene rings is 1. The molecule has 2 aliphatic rings. The molecule has 2 amide bonds. The second-order valence-electron chi connectivity index (χ2n) is 9.87. The first kappa shape index (κ1) is 26.1. The topological polar surface area (TPSA) is 102 Å². The number of carbonyl (C=O) groups excluding carboxylic acids is 2. The van der Waals surface area contributed by atoms with Gasteiger partial charge in [-0.25, -0.2) is 9.97 Å². The SMILES string of the molecule is Cc1nc([C@H](C)NC(=O)c2cc(OC(F)(F)F)cc(C3CC3)c2)n(-c2ncc(C(=O)N(C)CC3CC3)s2)n1. The number of alkyl halides is 3. The average Bonchev–Trinajstić information content (AvgIpc) is 3.76. The predicted octanol–water partition coefficient (Wildman–Crippen LogP) is 4.78. The van der Waals surface area contributed by atoms with Crippen molar-refractivity contribution in [2.45, 2.75) is 57.9 Å². The number of amides is 2. The molecule has 9 nitrogen and oxygen atoms in total. The Morgan fingerprint density at radius 2 is 1.97 bits per heavy atom. The van der Waals surface area contributed by atoms with Crippen LogP contribution >= 0.6 is 11.3 Å². The van der Waals surface area contributed by atoms with Gasteiger partial charge in [0.2, 0.25) is 5.13 Å². The molecule has 2 heterocycles. The molecule has 5 rings (SSSR count).